The van der Waals surface area contributed by atoms with Gasteiger partial charge in [0.15, 0.2) is 0 Å². The molecule has 1 aromatic rings. The number of hydrogen-bond donors (Lipinski definition) is 2. The Hall–Kier alpha value is -1.63. The lowest BCUT2D eigenvalue weighted by Crippen LogP contribution is -2.28. The molecule has 3 N–H and O–H groups in total. The molecule has 1 unspecified atom stereocenters. The molecule has 0 fully saturated rings. The minimum absolute atomic E-state index is 0.123. The molecule has 0 saturated heterocycles. The summed E-state index contributed by atoms with van der Waals surface area (Å²) in [5, 5.41) is 2.83. The largest absolute Gasteiger partial charge is 0.493 e. The maximum Gasteiger partial charge on any atom is 0.227 e. The molecule has 0 aliphatic carbocycles. The van der Waals surface area contributed by atoms with Crippen LogP contribution in [0, 0.1) is 0 Å². The van der Waals surface area contributed by atoms with Crippen LogP contribution in [0.5, 0.6) is 5.75 Å². The van der Waals surface area contributed by atoms with Crippen molar-refractivity contribution in [1.82, 2.24) is 4.90 Å². The van der Waals surface area contributed by atoms with Crippen LogP contribution in [0.2, 0.25) is 0 Å². The Morgan fingerprint density at radius 3 is 2.82 bits per heavy atom. The molecule has 124 valence electrons. The highest BCUT2D eigenvalue weighted by molar-refractivity contribution is 5.91. The van der Waals surface area contributed by atoms with Crippen molar-refractivity contribution in [3.8, 4) is 5.75 Å². The number of nitrogens with two attached hydrogens (primary N) is 1. The van der Waals surface area contributed by atoms with Crippen LogP contribution in [0.4, 0.5) is 5.69 Å². The Bertz CT molecular complexity index is 448. The Balaban J connectivity index is 2.44. The zero-order valence-corrected chi connectivity index (χ0v) is 13.7. The summed E-state index contributed by atoms with van der Waals surface area (Å²) >= 11 is 0. The van der Waals surface area contributed by atoms with Gasteiger partial charge in [-0.25, -0.2) is 0 Å². The molecule has 0 bridgehead atoms. The predicted octanol–water partition coefficient (Wildman–Crippen LogP) is 1.32. The minimum atomic E-state index is -0.259. The average molecular weight is 309 g/mol. The molecule has 1 amide bonds. The highest BCUT2D eigenvalue weighted by Gasteiger charge is 2.11. The smallest absolute Gasteiger partial charge is 0.227 e. The molecule has 1 rings (SSSR count). The molecular formula is C16H27N3O3. The van der Waals surface area contributed by atoms with Gasteiger partial charge in [0.1, 0.15) is 5.75 Å². The first-order valence-electron chi connectivity index (χ1n) is 7.45. The lowest BCUT2D eigenvalue weighted by molar-refractivity contribution is -0.118. The van der Waals surface area contributed by atoms with E-state index in [0.717, 1.165) is 18.7 Å². The number of carbonyl (C=O) groups is 1. The lowest BCUT2D eigenvalue weighted by Gasteiger charge is -2.13. The highest BCUT2D eigenvalue weighted by Crippen LogP contribution is 2.18. The van der Waals surface area contributed by atoms with E-state index in [1.165, 1.54) is 0 Å². The number of hydrogen-bond acceptors (Lipinski definition) is 5. The fourth-order valence-corrected chi connectivity index (χ4v) is 1.92. The summed E-state index contributed by atoms with van der Waals surface area (Å²) in [6, 6.07) is 7.38. The second-order valence-electron chi connectivity index (χ2n) is 5.38. The van der Waals surface area contributed by atoms with Crippen LogP contribution < -0.4 is 15.8 Å². The van der Waals surface area contributed by atoms with Crippen molar-refractivity contribution < 1.29 is 14.3 Å². The van der Waals surface area contributed by atoms with Crippen LogP contribution in [0.3, 0.4) is 0 Å². The van der Waals surface area contributed by atoms with E-state index >= 15 is 0 Å². The molecule has 0 spiro atoms. The molecule has 6 heteroatoms. The number of nitrogens with zero attached hydrogens (tertiary/aromatic N) is 1. The average Bonchev–Trinajstić information content (AvgIpc) is 2.49. The molecule has 0 saturated carbocycles. The van der Waals surface area contributed by atoms with Gasteiger partial charge in [0.05, 0.1) is 19.1 Å². The highest BCUT2D eigenvalue weighted by atomic mass is 16.5. The van der Waals surface area contributed by atoms with E-state index in [-0.39, 0.29) is 18.4 Å². The maximum absolute atomic E-state index is 11.9. The number of rotatable bonds is 10. The fourth-order valence-electron chi connectivity index (χ4n) is 1.92. The van der Waals surface area contributed by atoms with E-state index in [0.29, 0.717) is 18.8 Å². The standard InChI is InChI=1S/C16H27N3O3/c1-19(2)8-5-9-22-14-7-4-6-13(10-14)18-16(20)11-15(12-17)21-3/h4,6-7,10,15H,5,8-9,11-12,17H2,1-3H3,(H,18,20). The summed E-state index contributed by atoms with van der Waals surface area (Å²) in [6.45, 7) is 1.95. The zero-order valence-electron chi connectivity index (χ0n) is 13.7. The molecule has 0 aliphatic heterocycles. The number of methoxy groups -OCH3 is 1. The monoisotopic (exact) mass is 309 g/mol. The van der Waals surface area contributed by atoms with Crippen molar-refractivity contribution >= 4 is 11.6 Å². The lowest BCUT2D eigenvalue weighted by atomic mass is 10.2. The second kappa shape index (κ2) is 10.2. The van der Waals surface area contributed by atoms with Crippen molar-refractivity contribution in [3.05, 3.63) is 24.3 Å². The maximum atomic E-state index is 11.9. The van der Waals surface area contributed by atoms with E-state index in [1.807, 2.05) is 38.4 Å². The number of anilines is 1. The third-order valence-electron chi connectivity index (χ3n) is 3.15. The fraction of sp³-hybridized carbons (Fsp3) is 0.562. The van der Waals surface area contributed by atoms with Gasteiger partial charge in [-0.05, 0) is 32.6 Å². The van der Waals surface area contributed by atoms with E-state index in [4.69, 9.17) is 15.2 Å². The van der Waals surface area contributed by atoms with E-state index in [9.17, 15) is 4.79 Å². The van der Waals surface area contributed by atoms with Gasteiger partial charge >= 0.3 is 0 Å². The number of carbonyl (C=O) groups excluding carboxylic acids is 1. The summed E-state index contributed by atoms with van der Waals surface area (Å²) in [5.74, 6) is 0.626. The van der Waals surface area contributed by atoms with Crippen LogP contribution >= 0.6 is 0 Å². The second-order valence-corrected chi connectivity index (χ2v) is 5.38. The van der Waals surface area contributed by atoms with Crippen LogP contribution in [0.1, 0.15) is 12.8 Å². The van der Waals surface area contributed by atoms with Crippen LogP contribution in [-0.2, 0) is 9.53 Å². The van der Waals surface area contributed by atoms with Gasteiger partial charge < -0.3 is 25.4 Å². The molecule has 0 aliphatic rings. The molecule has 1 atom stereocenters. The Morgan fingerprint density at radius 1 is 1.41 bits per heavy atom. The normalized spacial score (nSPS) is 12.2. The third kappa shape index (κ3) is 7.40. The number of benzene rings is 1. The van der Waals surface area contributed by atoms with E-state index in [2.05, 4.69) is 10.2 Å². The van der Waals surface area contributed by atoms with E-state index < -0.39 is 0 Å². The predicted molar refractivity (Wildman–Crippen MR) is 88.2 cm³/mol. The van der Waals surface area contributed by atoms with Crippen LogP contribution in [0.25, 0.3) is 0 Å². The number of ether oxygens (including phenoxy) is 2. The van der Waals surface area contributed by atoms with Crippen LogP contribution in [0.15, 0.2) is 24.3 Å². The van der Waals surface area contributed by atoms with Gasteiger partial charge in [-0.2, -0.15) is 0 Å². The topological polar surface area (TPSA) is 76.8 Å². The van der Waals surface area contributed by atoms with Gasteiger partial charge in [0, 0.05) is 32.0 Å². The van der Waals surface area contributed by atoms with Gasteiger partial charge in [-0.1, -0.05) is 6.07 Å². The van der Waals surface area contributed by atoms with Crippen molar-refractivity contribution in [2.75, 3.05) is 46.2 Å². The first kappa shape index (κ1) is 18.4. The summed E-state index contributed by atoms with van der Waals surface area (Å²) in [6.07, 6.45) is 0.932. The van der Waals surface area contributed by atoms with Crippen molar-refractivity contribution in [3.63, 3.8) is 0 Å². The molecular weight excluding hydrogens is 282 g/mol. The molecule has 0 radical (unpaired) electrons. The van der Waals surface area contributed by atoms with Crippen molar-refractivity contribution in [1.29, 1.82) is 0 Å². The quantitative estimate of drug-likeness (QED) is 0.638. The molecule has 6 nitrogen and oxygen atoms in total. The van der Waals surface area contributed by atoms with Gasteiger partial charge in [-0.15, -0.1) is 0 Å². The Labute approximate surface area is 132 Å². The number of amides is 1. The van der Waals surface area contributed by atoms with E-state index in [1.54, 1.807) is 7.11 Å². The Kier molecular flexibility index (Phi) is 8.50. The van der Waals surface area contributed by atoms with Gasteiger partial charge in [-0.3, -0.25) is 4.79 Å². The first-order chi connectivity index (χ1) is 10.5. The van der Waals surface area contributed by atoms with Gasteiger partial charge in [0.25, 0.3) is 0 Å². The van der Waals surface area contributed by atoms with Crippen molar-refractivity contribution in [2.45, 2.75) is 18.9 Å². The number of nitrogens with one attached hydrogen (secondary N) is 1. The zero-order chi connectivity index (χ0) is 16.4. The van der Waals surface area contributed by atoms with Crippen LogP contribution in [-0.4, -0.2) is 57.8 Å². The Morgan fingerprint density at radius 2 is 2.18 bits per heavy atom. The minimum Gasteiger partial charge on any atom is -0.493 e. The third-order valence-corrected chi connectivity index (χ3v) is 3.15. The summed E-state index contributed by atoms with van der Waals surface area (Å²) in [7, 11) is 5.61. The SMILES string of the molecule is COC(CN)CC(=O)Nc1cccc(OCCCN(C)C)c1. The molecule has 0 heterocycles. The molecule has 1 aromatic carbocycles. The molecule has 0 aromatic heterocycles. The summed E-state index contributed by atoms with van der Waals surface area (Å²) < 4.78 is 10.8. The summed E-state index contributed by atoms with van der Waals surface area (Å²) in [4.78, 5) is 14.0. The van der Waals surface area contributed by atoms with Gasteiger partial charge in [0.2, 0.25) is 5.91 Å². The van der Waals surface area contributed by atoms with Crippen molar-refractivity contribution in [2.24, 2.45) is 5.73 Å². The first-order valence-corrected chi connectivity index (χ1v) is 7.45. The summed E-state index contributed by atoms with van der Waals surface area (Å²) in [5.41, 5.74) is 6.22. The molecule has 22 heavy (non-hydrogen) atoms.